The molecule has 3 rings (SSSR count). The van der Waals surface area contributed by atoms with E-state index in [-0.39, 0.29) is 17.9 Å². The van der Waals surface area contributed by atoms with Crippen LogP contribution in [0.25, 0.3) is 5.65 Å². The number of benzene rings is 1. The Labute approximate surface area is 142 Å². The van der Waals surface area contributed by atoms with Crippen LogP contribution < -0.4 is 5.32 Å². The number of aliphatic hydroxyl groups excluding tert-OH is 1. The molecule has 2 unspecified atom stereocenters. The summed E-state index contributed by atoms with van der Waals surface area (Å²) in [6.45, 7) is 1.59. The number of amides is 1. The molecule has 1 aromatic carbocycles. The summed E-state index contributed by atoms with van der Waals surface area (Å²) >= 11 is 0. The van der Waals surface area contributed by atoms with E-state index >= 15 is 0 Å². The van der Waals surface area contributed by atoms with Crippen molar-refractivity contribution in [2.45, 2.75) is 25.5 Å². The van der Waals surface area contributed by atoms with Crippen LogP contribution in [0.3, 0.4) is 0 Å². The monoisotopic (exact) mass is 345 g/mol. The second kappa shape index (κ2) is 6.98. The first-order chi connectivity index (χ1) is 11.9. The predicted octanol–water partition coefficient (Wildman–Crippen LogP) is 2.39. The molecule has 2 heterocycles. The van der Waals surface area contributed by atoms with Gasteiger partial charge in [0, 0.05) is 12.4 Å². The normalized spacial score (nSPS) is 13.6. The molecule has 3 aromatic rings. The molecular weight excluding hydrogens is 328 g/mol. The van der Waals surface area contributed by atoms with Gasteiger partial charge < -0.3 is 14.8 Å². The van der Waals surface area contributed by atoms with Crippen molar-refractivity contribution in [2.24, 2.45) is 0 Å². The summed E-state index contributed by atoms with van der Waals surface area (Å²) < 4.78 is 28.0. The average molecular weight is 345 g/mol. The van der Waals surface area contributed by atoms with Crippen LogP contribution in [0.2, 0.25) is 0 Å². The molecule has 2 N–H and O–H groups in total. The highest BCUT2D eigenvalue weighted by atomic mass is 19.2. The van der Waals surface area contributed by atoms with Gasteiger partial charge in [-0.1, -0.05) is 12.1 Å². The van der Waals surface area contributed by atoms with Gasteiger partial charge in [-0.15, -0.1) is 0 Å². The molecule has 0 fully saturated rings. The summed E-state index contributed by atoms with van der Waals surface area (Å²) in [7, 11) is 0. The summed E-state index contributed by atoms with van der Waals surface area (Å²) in [4.78, 5) is 16.5. The third-order valence-corrected chi connectivity index (χ3v) is 3.90. The number of aliphatic hydroxyl groups is 1. The van der Waals surface area contributed by atoms with Crippen LogP contribution in [0, 0.1) is 11.6 Å². The molecule has 0 spiro atoms. The van der Waals surface area contributed by atoms with Gasteiger partial charge in [0.25, 0.3) is 0 Å². The van der Waals surface area contributed by atoms with E-state index in [4.69, 9.17) is 0 Å². The zero-order valence-electron chi connectivity index (χ0n) is 13.5. The molecule has 0 aliphatic carbocycles. The molecule has 130 valence electrons. The van der Waals surface area contributed by atoms with Gasteiger partial charge in [-0.25, -0.2) is 13.8 Å². The quantitative estimate of drug-likeness (QED) is 0.746. The molecule has 0 bridgehead atoms. The number of aromatic nitrogens is 2. The Morgan fingerprint density at radius 2 is 2.08 bits per heavy atom. The van der Waals surface area contributed by atoms with E-state index < -0.39 is 23.8 Å². The van der Waals surface area contributed by atoms with Gasteiger partial charge in [-0.05, 0) is 36.8 Å². The number of hydrogen-bond donors (Lipinski definition) is 2. The van der Waals surface area contributed by atoms with Gasteiger partial charge in [-0.2, -0.15) is 0 Å². The molecule has 0 radical (unpaired) electrons. The predicted molar refractivity (Wildman–Crippen MR) is 87.8 cm³/mol. The SMILES string of the molecule is CC(NC(=O)Cc1cn2ccccc2n1)C(O)c1ccc(F)c(F)c1. The Hall–Kier alpha value is -2.80. The minimum atomic E-state index is -1.15. The molecule has 0 aliphatic heterocycles. The second-order valence-electron chi connectivity index (χ2n) is 5.85. The van der Waals surface area contributed by atoms with E-state index in [1.54, 1.807) is 13.1 Å². The first-order valence-corrected chi connectivity index (χ1v) is 7.79. The number of nitrogens with one attached hydrogen (secondary N) is 1. The smallest absolute Gasteiger partial charge is 0.226 e. The van der Waals surface area contributed by atoms with Crippen LogP contribution in [-0.4, -0.2) is 26.4 Å². The number of hydrogen-bond acceptors (Lipinski definition) is 3. The van der Waals surface area contributed by atoms with E-state index in [0.717, 1.165) is 17.8 Å². The van der Waals surface area contributed by atoms with E-state index in [1.807, 2.05) is 28.8 Å². The highest BCUT2D eigenvalue weighted by molar-refractivity contribution is 5.78. The molecular formula is C18H17F2N3O2. The highest BCUT2D eigenvalue weighted by Gasteiger charge is 2.20. The topological polar surface area (TPSA) is 66.6 Å². The fourth-order valence-electron chi connectivity index (χ4n) is 2.61. The van der Waals surface area contributed by atoms with E-state index in [9.17, 15) is 18.7 Å². The number of fused-ring (bicyclic) bond motifs is 1. The van der Waals surface area contributed by atoms with Crippen molar-refractivity contribution >= 4 is 11.6 Å². The van der Waals surface area contributed by atoms with Crippen molar-refractivity contribution in [3.05, 3.63) is 71.7 Å². The maximum absolute atomic E-state index is 13.3. The molecule has 2 atom stereocenters. The molecule has 0 aliphatic rings. The molecule has 5 nitrogen and oxygen atoms in total. The summed E-state index contributed by atoms with van der Waals surface area (Å²) in [5, 5.41) is 12.9. The number of pyridine rings is 1. The van der Waals surface area contributed by atoms with Gasteiger partial charge >= 0.3 is 0 Å². The van der Waals surface area contributed by atoms with Crippen LogP contribution in [-0.2, 0) is 11.2 Å². The summed E-state index contributed by atoms with van der Waals surface area (Å²) in [5.74, 6) is -2.35. The largest absolute Gasteiger partial charge is 0.386 e. The minimum Gasteiger partial charge on any atom is -0.386 e. The van der Waals surface area contributed by atoms with Gasteiger partial charge in [0.2, 0.25) is 5.91 Å². The second-order valence-corrected chi connectivity index (χ2v) is 5.85. The number of halogens is 2. The highest BCUT2D eigenvalue weighted by Crippen LogP contribution is 2.19. The molecule has 0 saturated carbocycles. The molecule has 2 aromatic heterocycles. The Bertz CT molecular complexity index is 877. The molecule has 0 saturated heterocycles. The van der Waals surface area contributed by atoms with Gasteiger partial charge in [-0.3, -0.25) is 4.79 Å². The van der Waals surface area contributed by atoms with Crippen LogP contribution >= 0.6 is 0 Å². The lowest BCUT2D eigenvalue weighted by Gasteiger charge is -2.20. The first kappa shape index (κ1) is 17.0. The minimum absolute atomic E-state index is 0.0521. The Kier molecular flexibility index (Phi) is 4.76. The number of imidazole rings is 1. The van der Waals surface area contributed by atoms with Gasteiger partial charge in [0.1, 0.15) is 5.65 Å². The zero-order chi connectivity index (χ0) is 18.0. The van der Waals surface area contributed by atoms with E-state index in [2.05, 4.69) is 10.3 Å². The van der Waals surface area contributed by atoms with Crippen molar-refractivity contribution in [3.8, 4) is 0 Å². The summed E-state index contributed by atoms with van der Waals surface area (Å²) in [6.07, 6.45) is 2.49. The molecule has 1 amide bonds. The lowest BCUT2D eigenvalue weighted by Crippen LogP contribution is -2.38. The Balaban J connectivity index is 1.64. The van der Waals surface area contributed by atoms with E-state index in [1.165, 1.54) is 6.07 Å². The fraction of sp³-hybridized carbons (Fsp3) is 0.222. The first-order valence-electron chi connectivity index (χ1n) is 7.79. The van der Waals surface area contributed by atoms with Crippen molar-refractivity contribution in [2.75, 3.05) is 0 Å². The van der Waals surface area contributed by atoms with Crippen LogP contribution in [0.15, 0.2) is 48.8 Å². The number of carbonyl (C=O) groups excluding carboxylic acids is 1. The standard InChI is InChI=1S/C18H17F2N3O2/c1-11(18(25)12-5-6-14(19)15(20)8-12)21-17(24)9-13-10-23-7-3-2-4-16(23)22-13/h2-8,10-11,18,25H,9H2,1H3,(H,21,24). The van der Waals surface area contributed by atoms with Crippen molar-refractivity contribution in [1.29, 1.82) is 0 Å². The van der Waals surface area contributed by atoms with Gasteiger partial charge in [0.05, 0.1) is 24.3 Å². The number of rotatable bonds is 5. The lowest BCUT2D eigenvalue weighted by atomic mass is 10.0. The Morgan fingerprint density at radius 1 is 1.28 bits per heavy atom. The van der Waals surface area contributed by atoms with Crippen molar-refractivity contribution in [3.63, 3.8) is 0 Å². The van der Waals surface area contributed by atoms with Crippen molar-refractivity contribution in [1.82, 2.24) is 14.7 Å². The van der Waals surface area contributed by atoms with Gasteiger partial charge in [0.15, 0.2) is 11.6 Å². The fourth-order valence-corrected chi connectivity index (χ4v) is 2.61. The Morgan fingerprint density at radius 3 is 2.80 bits per heavy atom. The van der Waals surface area contributed by atoms with Crippen LogP contribution in [0.5, 0.6) is 0 Å². The summed E-state index contributed by atoms with van der Waals surface area (Å²) in [5.41, 5.74) is 1.53. The third kappa shape index (κ3) is 3.83. The van der Waals surface area contributed by atoms with Crippen molar-refractivity contribution < 1.29 is 18.7 Å². The maximum Gasteiger partial charge on any atom is 0.226 e. The third-order valence-electron chi connectivity index (χ3n) is 3.90. The molecule has 25 heavy (non-hydrogen) atoms. The summed E-state index contributed by atoms with van der Waals surface area (Å²) in [6, 6.07) is 8.02. The van der Waals surface area contributed by atoms with Crippen LogP contribution in [0.4, 0.5) is 8.78 Å². The number of carbonyl (C=O) groups is 1. The van der Waals surface area contributed by atoms with Crippen LogP contribution in [0.1, 0.15) is 24.3 Å². The lowest BCUT2D eigenvalue weighted by molar-refractivity contribution is -0.121. The maximum atomic E-state index is 13.3. The van der Waals surface area contributed by atoms with E-state index in [0.29, 0.717) is 5.69 Å². The zero-order valence-corrected chi connectivity index (χ0v) is 13.5. The average Bonchev–Trinajstić information content (AvgIpc) is 2.98. The number of nitrogens with zero attached hydrogens (tertiary/aromatic N) is 2. The molecule has 7 heteroatoms.